The van der Waals surface area contributed by atoms with Gasteiger partial charge in [-0.1, -0.05) is 43.9 Å². The summed E-state index contributed by atoms with van der Waals surface area (Å²) in [4.78, 5) is 2.55. The summed E-state index contributed by atoms with van der Waals surface area (Å²) in [6.07, 6.45) is 1.22. The van der Waals surface area contributed by atoms with Gasteiger partial charge >= 0.3 is 0 Å². The first-order valence-electron chi connectivity index (χ1n) is 5.78. The Balaban J connectivity index is 2.46. The molecule has 1 atom stereocenters. The predicted octanol–water partition coefficient (Wildman–Crippen LogP) is 3.09. The summed E-state index contributed by atoms with van der Waals surface area (Å²) in [5.74, 6) is 0. The van der Waals surface area contributed by atoms with Crippen molar-refractivity contribution in [2.24, 2.45) is 0 Å². The van der Waals surface area contributed by atoms with Crippen LogP contribution in [0.5, 0.6) is 0 Å². The van der Waals surface area contributed by atoms with Crippen molar-refractivity contribution in [3.63, 3.8) is 0 Å². The highest BCUT2D eigenvalue weighted by Crippen LogP contribution is 2.35. The Morgan fingerprint density at radius 2 is 1.87 bits per heavy atom. The van der Waals surface area contributed by atoms with E-state index in [0.29, 0.717) is 5.67 Å². The maximum atomic E-state index is 2.55. The summed E-state index contributed by atoms with van der Waals surface area (Å²) in [6, 6.07) is 8.99. The summed E-state index contributed by atoms with van der Waals surface area (Å²) < 4.78 is 0. The molecule has 0 saturated heterocycles. The molecule has 2 heteroatoms. The van der Waals surface area contributed by atoms with Gasteiger partial charge in [0.2, 0.25) is 0 Å². The summed E-state index contributed by atoms with van der Waals surface area (Å²) in [5, 5.41) is 0. The van der Waals surface area contributed by atoms with Gasteiger partial charge in [0.05, 0.1) is 8.07 Å². The average molecular weight is 219 g/mol. The molecule has 1 aromatic rings. The third-order valence-corrected chi connectivity index (χ3v) is 5.74. The van der Waals surface area contributed by atoms with E-state index in [4.69, 9.17) is 0 Å². The maximum Gasteiger partial charge on any atom is 0.0694 e. The number of likely N-dealkylation sites (N-methyl/N-ethyl adjacent to an activating group) is 1. The lowest BCUT2D eigenvalue weighted by Crippen LogP contribution is -2.45. The lowest BCUT2D eigenvalue weighted by atomic mass is 10.00. The first kappa shape index (κ1) is 10.9. The largest absolute Gasteiger partial charge is 0.302 e. The molecular formula is C13H21NSi. The van der Waals surface area contributed by atoms with E-state index in [2.05, 4.69) is 55.9 Å². The minimum atomic E-state index is -1.14. The zero-order valence-electron chi connectivity index (χ0n) is 10.2. The number of fused-ring (bicyclic) bond motifs is 1. The molecule has 1 heterocycles. The molecular weight excluding hydrogens is 198 g/mol. The van der Waals surface area contributed by atoms with E-state index in [-0.39, 0.29) is 0 Å². The third kappa shape index (κ3) is 2.01. The van der Waals surface area contributed by atoms with Gasteiger partial charge in [0.25, 0.3) is 0 Å². The minimum Gasteiger partial charge on any atom is -0.302 e. The lowest BCUT2D eigenvalue weighted by molar-refractivity contribution is 0.288. The fourth-order valence-electron chi connectivity index (χ4n) is 2.82. The number of rotatable bonds is 1. The van der Waals surface area contributed by atoms with Crippen LogP contribution in [0.1, 0.15) is 16.8 Å². The van der Waals surface area contributed by atoms with Crippen LogP contribution in [0, 0.1) is 0 Å². The highest BCUT2D eigenvalue weighted by atomic mass is 28.3. The monoisotopic (exact) mass is 219 g/mol. The van der Waals surface area contributed by atoms with Crippen LogP contribution in [0.3, 0.4) is 0 Å². The predicted molar refractivity (Wildman–Crippen MR) is 68.9 cm³/mol. The smallest absolute Gasteiger partial charge is 0.0694 e. The molecule has 82 valence electrons. The molecule has 0 fully saturated rings. The van der Waals surface area contributed by atoms with Crippen LogP contribution in [0.15, 0.2) is 24.3 Å². The molecule has 1 nitrogen and oxygen atoms in total. The molecule has 0 N–H and O–H groups in total. The van der Waals surface area contributed by atoms with E-state index in [9.17, 15) is 0 Å². The maximum absolute atomic E-state index is 2.55. The van der Waals surface area contributed by atoms with Gasteiger partial charge in [0.15, 0.2) is 0 Å². The molecule has 0 aromatic heterocycles. The zero-order valence-corrected chi connectivity index (χ0v) is 11.2. The SMILES string of the molecule is CN1CCc2ccccc2C1[Si](C)(C)C. The van der Waals surface area contributed by atoms with Gasteiger partial charge in [-0.15, -0.1) is 0 Å². The molecule has 1 aliphatic heterocycles. The van der Waals surface area contributed by atoms with Crippen LogP contribution in [0.4, 0.5) is 0 Å². The van der Waals surface area contributed by atoms with Crippen molar-refractivity contribution in [3.8, 4) is 0 Å². The van der Waals surface area contributed by atoms with E-state index in [1.807, 2.05) is 0 Å². The van der Waals surface area contributed by atoms with Crippen molar-refractivity contribution in [3.05, 3.63) is 35.4 Å². The van der Waals surface area contributed by atoms with Gasteiger partial charge in [0.1, 0.15) is 0 Å². The van der Waals surface area contributed by atoms with Gasteiger partial charge in [-0.05, 0) is 24.6 Å². The van der Waals surface area contributed by atoms with Crippen LogP contribution in [-0.4, -0.2) is 26.6 Å². The molecule has 0 radical (unpaired) electrons. The van der Waals surface area contributed by atoms with Gasteiger partial charge in [-0.25, -0.2) is 0 Å². The van der Waals surface area contributed by atoms with E-state index < -0.39 is 8.07 Å². The van der Waals surface area contributed by atoms with Gasteiger partial charge in [0, 0.05) is 12.2 Å². The van der Waals surface area contributed by atoms with E-state index in [1.165, 1.54) is 13.0 Å². The van der Waals surface area contributed by atoms with Crippen molar-refractivity contribution < 1.29 is 0 Å². The van der Waals surface area contributed by atoms with Crippen molar-refractivity contribution in [2.45, 2.75) is 31.7 Å². The average Bonchev–Trinajstić information content (AvgIpc) is 2.15. The zero-order chi connectivity index (χ0) is 11.1. The Hall–Kier alpha value is -0.603. The molecule has 0 bridgehead atoms. The minimum absolute atomic E-state index is 0.697. The number of benzene rings is 1. The van der Waals surface area contributed by atoms with Crippen LogP contribution in [0.2, 0.25) is 19.6 Å². The Bertz CT molecular complexity index is 354. The topological polar surface area (TPSA) is 3.24 Å². The van der Waals surface area contributed by atoms with E-state index >= 15 is 0 Å². The van der Waals surface area contributed by atoms with Crippen LogP contribution in [-0.2, 0) is 6.42 Å². The second-order valence-corrected chi connectivity index (χ2v) is 11.0. The van der Waals surface area contributed by atoms with E-state index in [0.717, 1.165) is 0 Å². The third-order valence-electron chi connectivity index (χ3n) is 3.34. The Labute approximate surface area is 94.1 Å². The second kappa shape index (κ2) is 3.76. The van der Waals surface area contributed by atoms with Crippen molar-refractivity contribution >= 4 is 8.07 Å². The molecule has 2 rings (SSSR count). The number of nitrogens with zero attached hydrogens (tertiary/aromatic N) is 1. The van der Waals surface area contributed by atoms with Crippen molar-refractivity contribution in [1.29, 1.82) is 0 Å². The molecule has 0 spiro atoms. The summed E-state index contributed by atoms with van der Waals surface area (Å²) >= 11 is 0. The molecule has 1 aromatic carbocycles. The molecule has 1 aliphatic rings. The van der Waals surface area contributed by atoms with Crippen LogP contribution in [0.25, 0.3) is 0 Å². The number of hydrogen-bond acceptors (Lipinski definition) is 1. The van der Waals surface area contributed by atoms with Crippen LogP contribution >= 0.6 is 0 Å². The van der Waals surface area contributed by atoms with E-state index in [1.54, 1.807) is 11.1 Å². The fourth-order valence-corrected chi connectivity index (χ4v) is 5.49. The molecule has 1 unspecified atom stereocenters. The Morgan fingerprint density at radius 1 is 1.20 bits per heavy atom. The summed E-state index contributed by atoms with van der Waals surface area (Å²) in [7, 11) is 1.13. The van der Waals surface area contributed by atoms with Crippen LogP contribution < -0.4 is 0 Å². The molecule has 0 aliphatic carbocycles. The highest BCUT2D eigenvalue weighted by Gasteiger charge is 2.34. The fraction of sp³-hybridized carbons (Fsp3) is 0.538. The van der Waals surface area contributed by atoms with Gasteiger partial charge in [-0.3, -0.25) is 0 Å². The highest BCUT2D eigenvalue weighted by molar-refractivity contribution is 6.77. The first-order valence-corrected chi connectivity index (χ1v) is 9.36. The van der Waals surface area contributed by atoms with Crippen molar-refractivity contribution in [2.75, 3.05) is 13.6 Å². The van der Waals surface area contributed by atoms with Gasteiger partial charge < -0.3 is 4.90 Å². The van der Waals surface area contributed by atoms with Gasteiger partial charge in [-0.2, -0.15) is 0 Å². The van der Waals surface area contributed by atoms with Crippen molar-refractivity contribution in [1.82, 2.24) is 4.90 Å². The number of hydrogen-bond donors (Lipinski definition) is 0. The lowest BCUT2D eigenvalue weighted by Gasteiger charge is -2.41. The summed E-state index contributed by atoms with van der Waals surface area (Å²) in [5.41, 5.74) is 3.86. The molecule has 0 amide bonds. The molecule has 0 saturated carbocycles. The molecule has 15 heavy (non-hydrogen) atoms. The Kier molecular flexibility index (Phi) is 2.73. The second-order valence-electron chi connectivity index (χ2n) is 5.70. The Morgan fingerprint density at radius 3 is 2.53 bits per heavy atom. The standard InChI is InChI=1S/C13H21NSi/c1-14-10-9-11-7-5-6-8-12(11)13(14)15(2,3)4/h5-8,13H,9-10H2,1-4H3. The quantitative estimate of drug-likeness (QED) is 0.656. The first-order chi connectivity index (χ1) is 7.00. The normalized spacial score (nSPS) is 22.5. The summed E-state index contributed by atoms with van der Waals surface area (Å²) in [6.45, 7) is 8.62.